The number of methoxy groups -OCH3 is 1. The molecule has 32 heavy (non-hydrogen) atoms. The first-order chi connectivity index (χ1) is 15.5. The number of hydrogen-bond acceptors (Lipinski definition) is 7. The molecule has 1 aromatic heterocycles. The summed E-state index contributed by atoms with van der Waals surface area (Å²) in [7, 11) is 1.58. The Morgan fingerprint density at radius 2 is 1.81 bits per heavy atom. The van der Waals surface area contributed by atoms with Crippen LogP contribution in [0.3, 0.4) is 0 Å². The number of amides is 2. The van der Waals surface area contributed by atoms with Crippen LogP contribution >= 0.6 is 0 Å². The minimum absolute atomic E-state index is 0.171. The SMILES string of the molecule is COc1ccc(OCC(=O)N[C@H]2C[C@H](C(N)=O)C[C@H]2c2nc(-c3ccccc3)no2)cc1. The van der Waals surface area contributed by atoms with E-state index in [4.69, 9.17) is 19.7 Å². The topological polar surface area (TPSA) is 130 Å². The molecule has 0 bridgehead atoms. The quantitative estimate of drug-likeness (QED) is 0.554. The number of nitrogens with two attached hydrogens (primary N) is 1. The second-order valence-corrected chi connectivity index (χ2v) is 7.64. The molecule has 1 saturated carbocycles. The summed E-state index contributed by atoms with van der Waals surface area (Å²) in [5, 5.41) is 6.98. The number of nitrogens with zero attached hydrogens (tertiary/aromatic N) is 2. The van der Waals surface area contributed by atoms with E-state index in [2.05, 4.69) is 15.5 Å². The van der Waals surface area contributed by atoms with Gasteiger partial charge < -0.3 is 25.0 Å². The average Bonchev–Trinajstić information content (AvgIpc) is 3.46. The number of carbonyl (C=O) groups is 2. The number of benzene rings is 2. The van der Waals surface area contributed by atoms with Crippen LogP contribution in [0.5, 0.6) is 11.5 Å². The first-order valence-electron chi connectivity index (χ1n) is 10.3. The Hall–Kier alpha value is -3.88. The molecule has 9 heteroatoms. The molecule has 2 amide bonds. The Bertz CT molecular complexity index is 1070. The average molecular weight is 436 g/mol. The van der Waals surface area contributed by atoms with Gasteiger partial charge >= 0.3 is 0 Å². The van der Waals surface area contributed by atoms with Crippen molar-refractivity contribution in [2.24, 2.45) is 11.7 Å². The van der Waals surface area contributed by atoms with Crippen molar-refractivity contribution in [3.63, 3.8) is 0 Å². The Morgan fingerprint density at radius 1 is 1.09 bits per heavy atom. The van der Waals surface area contributed by atoms with Gasteiger partial charge in [-0.25, -0.2) is 0 Å². The molecular formula is C23H24N4O5. The summed E-state index contributed by atoms with van der Waals surface area (Å²) in [6.45, 7) is -0.171. The predicted octanol–water partition coefficient (Wildman–Crippen LogP) is 2.29. The highest BCUT2D eigenvalue weighted by Crippen LogP contribution is 2.38. The van der Waals surface area contributed by atoms with Gasteiger partial charge in [-0.2, -0.15) is 4.98 Å². The third kappa shape index (κ3) is 4.88. The monoisotopic (exact) mass is 436 g/mol. The maximum Gasteiger partial charge on any atom is 0.258 e. The van der Waals surface area contributed by atoms with Crippen molar-refractivity contribution in [1.29, 1.82) is 0 Å². The maximum atomic E-state index is 12.5. The van der Waals surface area contributed by atoms with Crippen LogP contribution in [0.15, 0.2) is 59.1 Å². The zero-order chi connectivity index (χ0) is 22.5. The summed E-state index contributed by atoms with van der Waals surface area (Å²) < 4.78 is 16.1. The fraction of sp³-hybridized carbons (Fsp3) is 0.304. The molecule has 9 nitrogen and oxygen atoms in total. The lowest BCUT2D eigenvalue weighted by Gasteiger charge is -2.18. The molecule has 0 radical (unpaired) electrons. The lowest BCUT2D eigenvalue weighted by Crippen LogP contribution is -2.39. The fourth-order valence-corrected chi connectivity index (χ4v) is 3.86. The second kappa shape index (κ2) is 9.51. The summed E-state index contributed by atoms with van der Waals surface area (Å²) in [4.78, 5) is 28.8. The maximum absolute atomic E-state index is 12.5. The van der Waals surface area contributed by atoms with Crippen molar-refractivity contribution in [1.82, 2.24) is 15.5 Å². The molecule has 0 aliphatic heterocycles. The van der Waals surface area contributed by atoms with E-state index in [0.717, 1.165) is 5.56 Å². The number of nitrogens with one attached hydrogen (secondary N) is 1. The van der Waals surface area contributed by atoms with Crippen LogP contribution in [0.25, 0.3) is 11.4 Å². The molecule has 1 aliphatic rings. The minimum Gasteiger partial charge on any atom is -0.497 e. The summed E-state index contributed by atoms with van der Waals surface area (Å²) in [6, 6.07) is 16.0. The summed E-state index contributed by atoms with van der Waals surface area (Å²) >= 11 is 0. The van der Waals surface area contributed by atoms with Crippen molar-refractivity contribution in [2.45, 2.75) is 24.8 Å². The Labute approximate surface area is 184 Å². The van der Waals surface area contributed by atoms with Gasteiger partial charge in [0.15, 0.2) is 6.61 Å². The van der Waals surface area contributed by atoms with Crippen LogP contribution in [0.1, 0.15) is 24.7 Å². The Morgan fingerprint density at radius 3 is 2.50 bits per heavy atom. The number of hydrogen-bond donors (Lipinski definition) is 2. The first kappa shape index (κ1) is 21.4. The highest BCUT2D eigenvalue weighted by atomic mass is 16.5. The largest absolute Gasteiger partial charge is 0.497 e. The Kier molecular flexibility index (Phi) is 6.34. The molecular weight excluding hydrogens is 412 g/mol. The van der Waals surface area contributed by atoms with Gasteiger partial charge in [-0.1, -0.05) is 35.5 Å². The van der Waals surface area contributed by atoms with Crippen LogP contribution in [0.2, 0.25) is 0 Å². The molecule has 1 heterocycles. The van der Waals surface area contributed by atoms with E-state index in [1.54, 1.807) is 31.4 Å². The van der Waals surface area contributed by atoms with Gasteiger partial charge in [0.1, 0.15) is 11.5 Å². The van der Waals surface area contributed by atoms with E-state index < -0.39 is 5.91 Å². The molecule has 3 N–H and O–H groups in total. The molecule has 166 valence electrons. The van der Waals surface area contributed by atoms with Gasteiger partial charge in [-0.15, -0.1) is 0 Å². The van der Waals surface area contributed by atoms with E-state index in [0.29, 0.717) is 36.1 Å². The predicted molar refractivity (Wildman–Crippen MR) is 115 cm³/mol. The number of rotatable bonds is 8. The molecule has 3 atom stereocenters. The number of aromatic nitrogens is 2. The molecule has 0 spiro atoms. The smallest absolute Gasteiger partial charge is 0.258 e. The van der Waals surface area contributed by atoms with E-state index in [1.807, 2.05) is 30.3 Å². The lowest BCUT2D eigenvalue weighted by atomic mass is 10.0. The van der Waals surface area contributed by atoms with E-state index >= 15 is 0 Å². The molecule has 1 fully saturated rings. The second-order valence-electron chi connectivity index (χ2n) is 7.64. The van der Waals surface area contributed by atoms with Crippen LogP contribution in [-0.2, 0) is 9.59 Å². The first-order valence-corrected chi connectivity index (χ1v) is 10.3. The van der Waals surface area contributed by atoms with Gasteiger partial charge in [-0.3, -0.25) is 9.59 Å². The van der Waals surface area contributed by atoms with Gasteiger partial charge in [-0.05, 0) is 37.1 Å². The summed E-state index contributed by atoms with van der Waals surface area (Å²) in [6.07, 6.45) is 0.827. The zero-order valence-electron chi connectivity index (χ0n) is 17.6. The van der Waals surface area contributed by atoms with Crippen molar-refractivity contribution in [3.05, 3.63) is 60.5 Å². The highest BCUT2D eigenvalue weighted by molar-refractivity contribution is 5.79. The number of primary amides is 1. The van der Waals surface area contributed by atoms with Crippen molar-refractivity contribution < 1.29 is 23.6 Å². The summed E-state index contributed by atoms with van der Waals surface area (Å²) in [5.74, 6) is 0.630. The number of ether oxygens (including phenoxy) is 2. The third-order valence-electron chi connectivity index (χ3n) is 5.53. The van der Waals surface area contributed by atoms with Gasteiger partial charge in [0.2, 0.25) is 17.6 Å². The van der Waals surface area contributed by atoms with Crippen LogP contribution in [-0.4, -0.2) is 41.7 Å². The highest BCUT2D eigenvalue weighted by Gasteiger charge is 2.41. The van der Waals surface area contributed by atoms with E-state index in [-0.39, 0.29) is 30.4 Å². The minimum atomic E-state index is -0.413. The normalized spacial score (nSPS) is 20.0. The van der Waals surface area contributed by atoms with Crippen LogP contribution in [0, 0.1) is 5.92 Å². The fourth-order valence-electron chi connectivity index (χ4n) is 3.86. The van der Waals surface area contributed by atoms with Gasteiger partial charge in [0.05, 0.1) is 13.0 Å². The molecule has 4 rings (SSSR count). The third-order valence-corrected chi connectivity index (χ3v) is 5.53. The van der Waals surface area contributed by atoms with Gasteiger partial charge in [0.25, 0.3) is 5.91 Å². The van der Waals surface area contributed by atoms with Crippen molar-refractivity contribution in [3.8, 4) is 22.9 Å². The van der Waals surface area contributed by atoms with E-state index in [9.17, 15) is 9.59 Å². The molecule has 3 aromatic rings. The zero-order valence-corrected chi connectivity index (χ0v) is 17.6. The molecule has 0 saturated heterocycles. The standard InChI is InChI=1S/C23H24N4O5/c1-30-16-7-9-17(10-8-16)31-13-20(28)25-19-12-15(21(24)29)11-18(19)23-26-22(27-32-23)14-5-3-2-4-6-14/h2-10,15,18-19H,11-13H2,1H3,(H2,24,29)(H,25,28)/t15-,18-,19+/m1/s1. The molecule has 1 aliphatic carbocycles. The molecule has 0 unspecified atom stereocenters. The molecule has 2 aromatic carbocycles. The van der Waals surface area contributed by atoms with Crippen molar-refractivity contribution >= 4 is 11.8 Å². The van der Waals surface area contributed by atoms with Crippen LogP contribution < -0.4 is 20.5 Å². The van der Waals surface area contributed by atoms with Crippen molar-refractivity contribution in [2.75, 3.05) is 13.7 Å². The van der Waals surface area contributed by atoms with E-state index in [1.165, 1.54) is 0 Å². The van der Waals surface area contributed by atoms with Crippen LogP contribution in [0.4, 0.5) is 0 Å². The van der Waals surface area contributed by atoms with Gasteiger partial charge in [0, 0.05) is 17.5 Å². The Balaban J connectivity index is 1.43. The number of carbonyl (C=O) groups excluding carboxylic acids is 2. The lowest BCUT2D eigenvalue weighted by molar-refractivity contribution is -0.124. The summed E-state index contributed by atoms with van der Waals surface area (Å²) in [5.41, 5.74) is 6.35.